The lowest BCUT2D eigenvalue weighted by atomic mass is 9.88. The van der Waals surface area contributed by atoms with Gasteiger partial charge in [0.05, 0.1) is 0 Å². The van der Waals surface area contributed by atoms with E-state index in [1.807, 2.05) is 12.4 Å². The molecule has 2 nitrogen and oxygen atoms in total. The molecule has 0 amide bonds. The maximum atomic E-state index is 4.05. The first-order valence-corrected chi connectivity index (χ1v) is 6.37. The molecule has 1 aromatic heterocycles. The van der Waals surface area contributed by atoms with Gasteiger partial charge in [0, 0.05) is 25.5 Å². The number of likely N-dealkylation sites (tertiary alicyclic amines) is 1. The first-order valence-electron chi connectivity index (χ1n) is 6.37. The molecule has 1 aromatic rings. The fourth-order valence-electron chi connectivity index (χ4n) is 2.39. The average molecular weight is 218 g/mol. The van der Waals surface area contributed by atoms with Gasteiger partial charge in [0.25, 0.3) is 0 Å². The maximum Gasteiger partial charge on any atom is 0.0270 e. The van der Waals surface area contributed by atoms with Crippen LogP contribution in [0.4, 0.5) is 0 Å². The van der Waals surface area contributed by atoms with Crippen LogP contribution in [0.25, 0.3) is 0 Å². The summed E-state index contributed by atoms with van der Waals surface area (Å²) >= 11 is 0. The van der Waals surface area contributed by atoms with Crippen molar-refractivity contribution >= 4 is 0 Å². The molecule has 2 rings (SSSR count). The molecule has 88 valence electrons. The van der Waals surface area contributed by atoms with Crippen molar-refractivity contribution in [3.05, 3.63) is 30.1 Å². The Bertz CT molecular complexity index is 310. The number of nitrogens with zero attached hydrogens (tertiary/aromatic N) is 2. The van der Waals surface area contributed by atoms with Gasteiger partial charge in [-0.1, -0.05) is 13.8 Å². The quantitative estimate of drug-likeness (QED) is 0.775. The van der Waals surface area contributed by atoms with E-state index in [1.165, 1.54) is 31.6 Å². The molecule has 0 saturated carbocycles. The smallest absolute Gasteiger partial charge is 0.0270 e. The SMILES string of the molecule is CC1CCN(CCc2ccncc2)CC1C. The standard InChI is InChI=1S/C14H22N2/c1-12-5-9-16(11-13(12)2)10-6-14-3-7-15-8-4-14/h3-4,7-8,12-13H,5-6,9-11H2,1-2H3. The predicted molar refractivity (Wildman–Crippen MR) is 67.3 cm³/mol. The molecule has 2 unspecified atom stereocenters. The highest BCUT2D eigenvalue weighted by atomic mass is 15.1. The van der Waals surface area contributed by atoms with Crippen LogP contribution >= 0.6 is 0 Å². The van der Waals surface area contributed by atoms with Crippen LogP contribution in [-0.4, -0.2) is 29.5 Å². The van der Waals surface area contributed by atoms with E-state index >= 15 is 0 Å². The average Bonchev–Trinajstić information content (AvgIpc) is 2.32. The van der Waals surface area contributed by atoms with E-state index in [1.54, 1.807) is 0 Å². The van der Waals surface area contributed by atoms with Crippen molar-refractivity contribution in [2.24, 2.45) is 11.8 Å². The van der Waals surface area contributed by atoms with Crippen LogP contribution in [0.15, 0.2) is 24.5 Å². The molecular weight excluding hydrogens is 196 g/mol. The highest BCUT2D eigenvalue weighted by Crippen LogP contribution is 2.22. The topological polar surface area (TPSA) is 16.1 Å². The predicted octanol–water partition coefficient (Wildman–Crippen LogP) is 2.60. The number of pyridine rings is 1. The Morgan fingerprint density at radius 3 is 2.69 bits per heavy atom. The Hall–Kier alpha value is -0.890. The normalized spacial score (nSPS) is 26.9. The molecule has 1 aliphatic heterocycles. The van der Waals surface area contributed by atoms with Gasteiger partial charge in [-0.3, -0.25) is 4.98 Å². The van der Waals surface area contributed by atoms with E-state index in [4.69, 9.17) is 0 Å². The van der Waals surface area contributed by atoms with Gasteiger partial charge in [-0.15, -0.1) is 0 Å². The molecule has 0 bridgehead atoms. The summed E-state index contributed by atoms with van der Waals surface area (Å²) < 4.78 is 0. The van der Waals surface area contributed by atoms with E-state index < -0.39 is 0 Å². The highest BCUT2D eigenvalue weighted by molar-refractivity contribution is 5.09. The second-order valence-electron chi connectivity index (χ2n) is 5.15. The fraction of sp³-hybridized carbons (Fsp3) is 0.643. The lowest BCUT2D eigenvalue weighted by Crippen LogP contribution is -2.39. The summed E-state index contributed by atoms with van der Waals surface area (Å²) in [5.41, 5.74) is 1.40. The van der Waals surface area contributed by atoms with Crippen LogP contribution in [0, 0.1) is 11.8 Å². The zero-order valence-corrected chi connectivity index (χ0v) is 10.4. The summed E-state index contributed by atoms with van der Waals surface area (Å²) in [5.74, 6) is 1.75. The van der Waals surface area contributed by atoms with E-state index in [-0.39, 0.29) is 0 Å². The van der Waals surface area contributed by atoms with E-state index in [0.29, 0.717) is 0 Å². The number of hydrogen-bond acceptors (Lipinski definition) is 2. The minimum Gasteiger partial charge on any atom is -0.303 e. The molecule has 0 aromatic carbocycles. The fourth-order valence-corrected chi connectivity index (χ4v) is 2.39. The van der Waals surface area contributed by atoms with Gasteiger partial charge in [-0.2, -0.15) is 0 Å². The number of rotatable bonds is 3. The molecule has 0 N–H and O–H groups in total. The summed E-state index contributed by atoms with van der Waals surface area (Å²) in [6, 6.07) is 4.24. The zero-order valence-electron chi connectivity index (χ0n) is 10.4. The molecule has 1 aliphatic rings. The van der Waals surface area contributed by atoms with Crippen molar-refractivity contribution in [3.8, 4) is 0 Å². The van der Waals surface area contributed by atoms with Crippen molar-refractivity contribution in [1.29, 1.82) is 0 Å². The monoisotopic (exact) mass is 218 g/mol. The van der Waals surface area contributed by atoms with Crippen LogP contribution in [0.2, 0.25) is 0 Å². The van der Waals surface area contributed by atoms with Crippen LogP contribution in [0.1, 0.15) is 25.8 Å². The first kappa shape index (κ1) is 11.6. The molecule has 2 heterocycles. The molecule has 1 saturated heterocycles. The molecule has 1 fully saturated rings. The molecule has 0 aliphatic carbocycles. The summed E-state index contributed by atoms with van der Waals surface area (Å²) in [5, 5.41) is 0. The largest absolute Gasteiger partial charge is 0.303 e. The maximum absolute atomic E-state index is 4.05. The van der Waals surface area contributed by atoms with E-state index in [0.717, 1.165) is 18.3 Å². The number of piperidine rings is 1. The van der Waals surface area contributed by atoms with Crippen molar-refractivity contribution in [2.75, 3.05) is 19.6 Å². The van der Waals surface area contributed by atoms with Gasteiger partial charge in [0.1, 0.15) is 0 Å². The van der Waals surface area contributed by atoms with Crippen LogP contribution < -0.4 is 0 Å². The van der Waals surface area contributed by atoms with Gasteiger partial charge in [-0.05, 0) is 48.9 Å². The van der Waals surface area contributed by atoms with Crippen LogP contribution in [0.3, 0.4) is 0 Å². The third kappa shape index (κ3) is 3.05. The second-order valence-corrected chi connectivity index (χ2v) is 5.15. The van der Waals surface area contributed by atoms with Crippen molar-refractivity contribution in [2.45, 2.75) is 26.7 Å². The van der Waals surface area contributed by atoms with Gasteiger partial charge < -0.3 is 4.90 Å². The Labute approximate surface area is 98.7 Å². The molecule has 2 heteroatoms. The van der Waals surface area contributed by atoms with Crippen LogP contribution in [-0.2, 0) is 6.42 Å². The van der Waals surface area contributed by atoms with Crippen molar-refractivity contribution < 1.29 is 0 Å². The molecule has 0 spiro atoms. The summed E-state index contributed by atoms with van der Waals surface area (Å²) in [7, 11) is 0. The summed E-state index contributed by atoms with van der Waals surface area (Å²) in [4.78, 5) is 6.65. The van der Waals surface area contributed by atoms with Crippen LogP contribution in [0.5, 0.6) is 0 Å². The van der Waals surface area contributed by atoms with E-state index in [2.05, 4.69) is 35.9 Å². The lowest BCUT2D eigenvalue weighted by Gasteiger charge is -2.35. The van der Waals surface area contributed by atoms with Gasteiger partial charge in [0.15, 0.2) is 0 Å². The minimum atomic E-state index is 0.853. The highest BCUT2D eigenvalue weighted by Gasteiger charge is 2.21. The Morgan fingerprint density at radius 1 is 1.25 bits per heavy atom. The zero-order chi connectivity index (χ0) is 11.4. The Balaban J connectivity index is 1.79. The Kier molecular flexibility index (Phi) is 3.94. The van der Waals surface area contributed by atoms with Gasteiger partial charge in [0.2, 0.25) is 0 Å². The molecular formula is C14H22N2. The molecule has 16 heavy (non-hydrogen) atoms. The third-order valence-corrected chi connectivity index (χ3v) is 3.88. The van der Waals surface area contributed by atoms with Crippen molar-refractivity contribution in [1.82, 2.24) is 9.88 Å². The molecule has 2 atom stereocenters. The number of aromatic nitrogens is 1. The minimum absolute atomic E-state index is 0.853. The summed E-state index contributed by atoms with van der Waals surface area (Å²) in [6.45, 7) is 8.50. The van der Waals surface area contributed by atoms with E-state index in [9.17, 15) is 0 Å². The molecule has 0 radical (unpaired) electrons. The first-order chi connectivity index (χ1) is 7.75. The van der Waals surface area contributed by atoms with Gasteiger partial charge in [-0.25, -0.2) is 0 Å². The summed E-state index contributed by atoms with van der Waals surface area (Å²) in [6.07, 6.45) is 6.29. The van der Waals surface area contributed by atoms with Crippen molar-refractivity contribution in [3.63, 3.8) is 0 Å². The Morgan fingerprint density at radius 2 is 2.00 bits per heavy atom. The lowest BCUT2D eigenvalue weighted by molar-refractivity contribution is 0.140. The number of hydrogen-bond donors (Lipinski definition) is 0. The van der Waals surface area contributed by atoms with Gasteiger partial charge >= 0.3 is 0 Å². The second kappa shape index (κ2) is 5.44. The third-order valence-electron chi connectivity index (χ3n) is 3.88.